The topological polar surface area (TPSA) is 21.3 Å². The van der Waals surface area contributed by atoms with Crippen molar-refractivity contribution in [2.75, 3.05) is 0 Å². The van der Waals surface area contributed by atoms with Crippen LogP contribution in [0.1, 0.15) is 30.5 Å². The number of benzene rings is 2. The van der Waals surface area contributed by atoms with Crippen LogP contribution in [0.5, 0.6) is 11.5 Å². The molecule has 3 heteroatoms. The van der Waals surface area contributed by atoms with Crippen molar-refractivity contribution >= 4 is 15.9 Å². The Bertz CT molecular complexity index is 623. The number of hydrogen-bond donors (Lipinski definition) is 1. The Labute approximate surface area is 135 Å². The molecule has 1 N–H and O–H groups in total. The van der Waals surface area contributed by atoms with E-state index in [0.717, 1.165) is 33.6 Å². The summed E-state index contributed by atoms with van der Waals surface area (Å²) >= 11 is 3.47. The van der Waals surface area contributed by atoms with Gasteiger partial charge < -0.3 is 10.1 Å². The van der Waals surface area contributed by atoms with Crippen LogP contribution in [0.15, 0.2) is 40.9 Å². The highest BCUT2D eigenvalue weighted by molar-refractivity contribution is 9.10. The zero-order chi connectivity index (χ0) is 15.4. The zero-order valence-corrected chi connectivity index (χ0v) is 14.6. The first-order chi connectivity index (χ1) is 9.95. The molecule has 112 valence electrons. The van der Waals surface area contributed by atoms with Crippen molar-refractivity contribution in [3.05, 3.63) is 57.6 Å². The Morgan fingerprint density at radius 1 is 1.00 bits per heavy atom. The van der Waals surface area contributed by atoms with Crippen LogP contribution in [-0.2, 0) is 6.54 Å². The van der Waals surface area contributed by atoms with Crippen LogP contribution < -0.4 is 10.1 Å². The molecule has 0 radical (unpaired) electrons. The standard InChI is InChI=1S/C18H22BrNO/c1-12(2)20-11-15-5-7-17(13(3)9-15)21-18-8-6-16(19)10-14(18)4/h5-10,12,20H,11H2,1-4H3. The second kappa shape index (κ2) is 7.10. The van der Waals surface area contributed by atoms with Crippen LogP contribution in [0, 0.1) is 13.8 Å². The summed E-state index contributed by atoms with van der Waals surface area (Å²) in [6.07, 6.45) is 0. The molecule has 0 aliphatic heterocycles. The molecule has 0 unspecified atom stereocenters. The fraction of sp³-hybridized carbons (Fsp3) is 0.333. The molecule has 0 amide bonds. The van der Waals surface area contributed by atoms with Crippen LogP contribution in [-0.4, -0.2) is 6.04 Å². The van der Waals surface area contributed by atoms with Crippen molar-refractivity contribution in [2.24, 2.45) is 0 Å². The van der Waals surface area contributed by atoms with E-state index < -0.39 is 0 Å². The monoisotopic (exact) mass is 347 g/mol. The lowest BCUT2D eigenvalue weighted by molar-refractivity contribution is 0.474. The molecule has 2 aromatic rings. The summed E-state index contributed by atoms with van der Waals surface area (Å²) in [7, 11) is 0. The maximum atomic E-state index is 6.03. The molecule has 0 saturated carbocycles. The summed E-state index contributed by atoms with van der Waals surface area (Å²) in [6.45, 7) is 9.33. The van der Waals surface area contributed by atoms with Gasteiger partial charge in [-0.3, -0.25) is 0 Å². The van der Waals surface area contributed by atoms with Gasteiger partial charge in [0, 0.05) is 17.1 Å². The quantitative estimate of drug-likeness (QED) is 0.786. The SMILES string of the molecule is Cc1cc(Br)ccc1Oc1ccc(CNC(C)C)cc1C. The lowest BCUT2D eigenvalue weighted by Crippen LogP contribution is -2.21. The Hall–Kier alpha value is -1.32. The molecule has 21 heavy (non-hydrogen) atoms. The van der Waals surface area contributed by atoms with Crippen LogP contribution in [0.25, 0.3) is 0 Å². The van der Waals surface area contributed by atoms with Gasteiger partial charge in [0.15, 0.2) is 0 Å². The third kappa shape index (κ3) is 4.58. The number of ether oxygens (including phenoxy) is 1. The van der Waals surface area contributed by atoms with E-state index >= 15 is 0 Å². The third-order valence-electron chi connectivity index (χ3n) is 3.31. The zero-order valence-electron chi connectivity index (χ0n) is 13.0. The molecule has 0 aliphatic rings. The summed E-state index contributed by atoms with van der Waals surface area (Å²) in [6, 6.07) is 12.9. The number of aryl methyl sites for hydroxylation is 2. The van der Waals surface area contributed by atoms with Gasteiger partial charge >= 0.3 is 0 Å². The Kier molecular flexibility index (Phi) is 5.43. The second-order valence-electron chi connectivity index (χ2n) is 5.65. The minimum Gasteiger partial charge on any atom is -0.457 e. The molecule has 2 aromatic carbocycles. The smallest absolute Gasteiger partial charge is 0.130 e. The average Bonchev–Trinajstić information content (AvgIpc) is 2.42. The van der Waals surface area contributed by atoms with Gasteiger partial charge in [0.1, 0.15) is 11.5 Å². The largest absolute Gasteiger partial charge is 0.457 e. The molecule has 0 aliphatic carbocycles. The predicted octanol–water partition coefficient (Wildman–Crippen LogP) is 5.36. The number of hydrogen-bond acceptors (Lipinski definition) is 2. The second-order valence-corrected chi connectivity index (χ2v) is 6.56. The third-order valence-corrected chi connectivity index (χ3v) is 3.80. The van der Waals surface area contributed by atoms with Crippen molar-refractivity contribution in [3.8, 4) is 11.5 Å². The minimum atomic E-state index is 0.492. The molecule has 0 bridgehead atoms. The molecule has 0 aromatic heterocycles. The first-order valence-electron chi connectivity index (χ1n) is 7.22. The van der Waals surface area contributed by atoms with Crippen molar-refractivity contribution in [2.45, 2.75) is 40.3 Å². The van der Waals surface area contributed by atoms with Crippen LogP contribution >= 0.6 is 15.9 Å². The van der Waals surface area contributed by atoms with Crippen molar-refractivity contribution in [1.82, 2.24) is 5.32 Å². The van der Waals surface area contributed by atoms with Gasteiger partial charge in [-0.05, 0) is 54.8 Å². The van der Waals surface area contributed by atoms with Gasteiger partial charge in [0.2, 0.25) is 0 Å². The Balaban J connectivity index is 2.13. The first-order valence-corrected chi connectivity index (χ1v) is 8.02. The van der Waals surface area contributed by atoms with Crippen molar-refractivity contribution < 1.29 is 4.74 Å². The van der Waals surface area contributed by atoms with Crippen LogP contribution in [0.3, 0.4) is 0 Å². The molecular weight excluding hydrogens is 326 g/mol. The number of halogens is 1. The molecule has 0 spiro atoms. The predicted molar refractivity (Wildman–Crippen MR) is 92.1 cm³/mol. The van der Waals surface area contributed by atoms with E-state index in [1.165, 1.54) is 5.56 Å². The Morgan fingerprint density at radius 2 is 1.62 bits per heavy atom. The highest BCUT2D eigenvalue weighted by Crippen LogP contribution is 2.29. The maximum Gasteiger partial charge on any atom is 0.130 e. The van der Waals surface area contributed by atoms with Crippen molar-refractivity contribution in [3.63, 3.8) is 0 Å². The highest BCUT2D eigenvalue weighted by Gasteiger charge is 2.06. The summed E-state index contributed by atoms with van der Waals surface area (Å²) in [5, 5.41) is 3.43. The van der Waals surface area contributed by atoms with Gasteiger partial charge in [-0.25, -0.2) is 0 Å². The van der Waals surface area contributed by atoms with Gasteiger partial charge in [-0.15, -0.1) is 0 Å². The number of rotatable bonds is 5. The molecule has 0 fully saturated rings. The normalized spacial score (nSPS) is 11.0. The molecule has 2 nitrogen and oxygen atoms in total. The average molecular weight is 348 g/mol. The van der Waals surface area contributed by atoms with Gasteiger partial charge in [0.05, 0.1) is 0 Å². The van der Waals surface area contributed by atoms with Crippen LogP contribution in [0.2, 0.25) is 0 Å². The Morgan fingerprint density at radius 3 is 2.19 bits per heavy atom. The van der Waals surface area contributed by atoms with Crippen LogP contribution in [0.4, 0.5) is 0 Å². The van der Waals surface area contributed by atoms with E-state index in [1.54, 1.807) is 0 Å². The minimum absolute atomic E-state index is 0.492. The van der Waals surface area contributed by atoms with Gasteiger partial charge in [0.25, 0.3) is 0 Å². The van der Waals surface area contributed by atoms with E-state index in [1.807, 2.05) is 18.2 Å². The summed E-state index contributed by atoms with van der Waals surface area (Å²) in [5.41, 5.74) is 3.55. The van der Waals surface area contributed by atoms with E-state index in [4.69, 9.17) is 4.74 Å². The fourth-order valence-corrected chi connectivity index (χ4v) is 2.58. The maximum absolute atomic E-state index is 6.03. The number of nitrogens with one attached hydrogen (secondary N) is 1. The molecule has 0 atom stereocenters. The lowest BCUT2D eigenvalue weighted by Gasteiger charge is -2.13. The first kappa shape index (κ1) is 16.1. The molecule has 0 heterocycles. The summed E-state index contributed by atoms with van der Waals surface area (Å²) in [5.74, 6) is 1.81. The van der Waals surface area contributed by atoms with Crippen molar-refractivity contribution in [1.29, 1.82) is 0 Å². The molecular formula is C18H22BrNO. The van der Waals surface area contributed by atoms with Gasteiger partial charge in [-0.1, -0.05) is 41.9 Å². The highest BCUT2D eigenvalue weighted by atomic mass is 79.9. The molecule has 0 saturated heterocycles. The summed E-state index contributed by atoms with van der Waals surface area (Å²) in [4.78, 5) is 0. The fourth-order valence-electron chi connectivity index (χ4n) is 2.10. The van der Waals surface area contributed by atoms with Gasteiger partial charge in [-0.2, -0.15) is 0 Å². The molecule has 2 rings (SSSR count). The van der Waals surface area contributed by atoms with E-state index in [2.05, 4.69) is 67.1 Å². The van der Waals surface area contributed by atoms with E-state index in [0.29, 0.717) is 6.04 Å². The van der Waals surface area contributed by atoms with E-state index in [9.17, 15) is 0 Å². The summed E-state index contributed by atoms with van der Waals surface area (Å²) < 4.78 is 7.10. The lowest BCUT2D eigenvalue weighted by atomic mass is 10.1. The van der Waals surface area contributed by atoms with E-state index in [-0.39, 0.29) is 0 Å².